The van der Waals surface area contributed by atoms with Crippen molar-refractivity contribution in [1.29, 1.82) is 0 Å². The minimum atomic E-state index is 0.838. The second-order valence-corrected chi connectivity index (χ2v) is 4.18. The quantitative estimate of drug-likeness (QED) is 0.802. The fraction of sp³-hybridized carbons (Fsp3) is 0.692. The molecule has 0 bridgehead atoms. The average Bonchev–Trinajstić information content (AvgIpc) is 2.95. The Labute approximate surface area is 93.0 Å². The SMILES string of the molecule is CCC.CCc1cc(OCC2CC2)c[nH]1. The molecule has 1 aliphatic carbocycles. The predicted octanol–water partition coefficient (Wildman–Crippen LogP) is 3.78. The second-order valence-electron chi connectivity index (χ2n) is 4.18. The molecule has 2 nitrogen and oxygen atoms in total. The number of hydrogen-bond donors (Lipinski definition) is 1. The number of aromatic nitrogens is 1. The predicted molar refractivity (Wildman–Crippen MR) is 64.4 cm³/mol. The standard InChI is InChI=1S/C10H15NO.C3H8/c1-2-9-5-10(6-11-9)12-7-8-3-4-8;1-3-2/h5-6,8,11H,2-4,7H2,1H3;3H2,1-2H3. The van der Waals surface area contributed by atoms with Gasteiger partial charge in [0, 0.05) is 18.0 Å². The molecule has 86 valence electrons. The molecule has 0 aliphatic heterocycles. The summed E-state index contributed by atoms with van der Waals surface area (Å²) in [6, 6.07) is 2.09. The zero-order chi connectivity index (χ0) is 11.1. The summed E-state index contributed by atoms with van der Waals surface area (Å²) < 4.78 is 5.58. The minimum Gasteiger partial charge on any atom is -0.492 e. The largest absolute Gasteiger partial charge is 0.492 e. The summed E-state index contributed by atoms with van der Waals surface area (Å²) in [5.74, 6) is 1.84. The zero-order valence-electron chi connectivity index (χ0n) is 10.2. The maximum absolute atomic E-state index is 5.58. The molecule has 0 spiro atoms. The van der Waals surface area contributed by atoms with Gasteiger partial charge < -0.3 is 9.72 Å². The van der Waals surface area contributed by atoms with Crippen LogP contribution in [0.4, 0.5) is 0 Å². The molecule has 1 N–H and O–H groups in total. The van der Waals surface area contributed by atoms with Crippen molar-refractivity contribution >= 4 is 0 Å². The van der Waals surface area contributed by atoms with Gasteiger partial charge in [0.25, 0.3) is 0 Å². The van der Waals surface area contributed by atoms with E-state index in [1.165, 1.54) is 25.0 Å². The van der Waals surface area contributed by atoms with E-state index in [0.717, 1.165) is 24.7 Å². The fourth-order valence-electron chi connectivity index (χ4n) is 1.20. The van der Waals surface area contributed by atoms with E-state index in [0.29, 0.717) is 0 Å². The molecule has 2 heteroatoms. The minimum absolute atomic E-state index is 0.838. The monoisotopic (exact) mass is 209 g/mol. The molecule has 1 saturated carbocycles. The fourth-order valence-corrected chi connectivity index (χ4v) is 1.20. The van der Waals surface area contributed by atoms with Crippen molar-refractivity contribution < 1.29 is 4.74 Å². The second kappa shape index (κ2) is 6.54. The Morgan fingerprint density at radius 3 is 2.47 bits per heavy atom. The third-order valence-corrected chi connectivity index (χ3v) is 2.28. The highest BCUT2D eigenvalue weighted by Crippen LogP contribution is 2.29. The van der Waals surface area contributed by atoms with Crippen molar-refractivity contribution in [3.63, 3.8) is 0 Å². The highest BCUT2D eigenvalue weighted by atomic mass is 16.5. The summed E-state index contributed by atoms with van der Waals surface area (Å²) in [6.45, 7) is 7.29. The summed E-state index contributed by atoms with van der Waals surface area (Å²) in [4.78, 5) is 3.17. The molecule has 1 aromatic rings. The van der Waals surface area contributed by atoms with E-state index in [-0.39, 0.29) is 0 Å². The molecular formula is C13H23NO. The summed E-state index contributed by atoms with van der Waals surface area (Å²) >= 11 is 0. The third kappa shape index (κ3) is 4.91. The molecule has 0 amide bonds. The lowest BCUT2D eigenvalue weighted by Gasteiger charge is -1.99. The summed E-state index contributed by atoms with van der Waals surface area (Å²) in [7, 11) is 0. The van der Waals surface area contributed by atoms with Crippen molar-refractivity contribution in [2.24, 2.45) is 5.92 Å². The number of aryl methyl sites for hydroxylation is 1. The number of nitrogens with one attached hydrogen (secondary N) is 1. The van der Waals surface area contributed by atoms with Crippen LogP contribution in [0.2, 0.25) is 0 Å². The lowest BCUT2D eigenvalue weighted by molar-refractivity contribution is 0.300. The van der Waals surface area contributed by atoms with E-state index < -0.39 is 0 Å². The molecule has 0 aromatic carbocycles. The molecule has 0 atom stereocenters. The van der Waals surface area contributed by atoms with Gasteiger partial charge in [-0.25, -0.2) is 0 Å². The molecule has 0 radical (unpaired) electrons. The first kappa shape index (κ1) is 12.2. The maximum atomic E-state index is 5.58. The number of rotatable bonds is 4. The third-order valence-electron chi connectivity index (χ3n) is 2.28. The molecule has 1 aliphatic rings. The lowest BCUT2D eigenvalue weighted by atomic mass is 10.3. The van der Waals surface area contributed by atoms with Crippen LogP contribution in [0.3, 0.4) is 0 Å². The van der Waals surface area contributed by atoms with Crippen LogP contribution in [0.25, 0.3) is 0 Å². The molecule has 1 fully saturated rings. The van der Waals surface area contributed by atoms with Gasteiger partial charge in [-0.3, -0.25) is 0 Å². The zero-order valence-corrected chi connectivity index (χ0v) is 10.2. The van der Waals surface area contributed by atoms with E-state index >= 15 is 0 Å². The van der Waals surface area contributed by atoms with Crippen LogP contribution in [0.1, 0.15) is 45.7 Å². The van der Waals surface area contributed by atoms with Crippen LogP contribution in [0.15, 0.2) is 12.3 Å². The van der Waals surface area contributed by atoms with Crippen LogP contribution in [0.5, 0.6) is 5.75 Å². The summed E-state index contributed by atoms with van der Waals surface area (Å²) in [5, 5.41) is 0. The van der Waals surface area contributed by atoms with E-state index in [4.69, 9.17) is 4.74 Å². The lowest BCUT2D eigenvalue weighted by Crippen LogP contribution is -1.97. The van der Waals surface area contributed by atoms with Crippen molar-refractivity contribution in [2.45, 2.75) is 46.5 Å². The van der Waals surface area contributed by atoms with Crippen LogP contribution in [-0.4, -0.2) is 11.6 Å². The Balaban J connectivity index is 0.000000337. The van der Waals surface area contributed by atoms with Gasteiger partial charge in [-0.2, -0.15) is 0 Å². The van der Waals surface area contributed by atoms with Crippen molar-refractivity contribution in [1.82, 2.24) is 4.98 Å². The number of ether oxygens (including phenoxy) is 1. The Kier molecular flexibility index (Phi) is 5.30. The highest BCUT2D eigenvalue weighted by molar-refractivity contribution is 5.22. The van der Waals surface area contributed by atoms with Crippen molar-refractivity contribution in [3.05, 3.63) is 18.0 Å². The number of aromatic amines is 1. The number of H-pyrrole nitrogens is 1. The van der Waals surface area contributed by atoms with Crippen LogP contribution >= 0.6 is 0 Å². The van der Waals surface area contributed by atoms with Crippen LogP contribution < -0.4 is 4.74 Å². The van der Waals surface area contributed by atoms with Crippen LogP contribution in [-0.2, 0) is 6.42 Å². The Morgan fingerprint density at radius 2 is 2.00 bits per heavy atom. The number of hydrogen-bond acceptors (Lipinski definition) is 1. The average molecular weight is 209 g/mol. The van der Waals surface area contributed by atoms with E-state index in [1.807, 2.05) is 6.20 Å². The molecule has 1 heterocycles. The Bertz CT molecular complexity index is 263. The summed E-state index contributed by atoms with van der Waals surface area (Å²) in [5.41, 5.74) is 1.25. The van der Waals surface area contributed by atoms with Gasteiger partial charge in [-0.05, 0) is 25.2 Å². The van der Waals surface area contributed by atoms with Gasteiger partial charge in [0.1, 0.15) is 5.75 Å². The van der Waals surface area contributed by atoms with Gasteiger partial charge in [0.05, 0.1) is 6.61 Å². The topological polar surface area (TPSA) is 25.0 Å². The molecule has 2 rings (SSSR count). The van der Waals surface area contributed by atoms with Gasteiger partial charge in [0.15, 0.2) is 0 Å². The highest BCUT2D eigenvalue weighted by Gasteiger charge is 2.21. The van der Waals surface area contributed by atoms with Crippen molar-refractivity contribution in [2.75, 3.05) is 6.61 Å². The van der Waals surface area contributed by atoms with Gasteiger partial charge >= 0.3 is 0 Å². The van der Waals surface area contributed by atoms with Gasteiger partial charge in [-0.15, -0.1) is 0 Å². The Hall–Kier alpha value is -0.920. The maximum Gasteiger partial charge on any atom is 0.136 e. The first-order chi connectivity index (χ1) is 7.30. The molecule has 0 unspecified atom stereocenters. The molecule has 0 saturated heterocycles. The van der Waals surface area contributed by atoms with Crippen molar-refractivity contribution in [3.8, 4) is 5.75 Å². The first-order valence-electron chi connectivity index (χ1n) is 6.10. The Morgan fingerprint density at radius 1 is 1.33 bits per heavy atom. The van der Waals surface area contributed by atoms with E-state index in [1.54, 1.807) is 0 Å². The van der Waals surface area contributed by atoms with E-state index in [2.05, 4.69) is 31.8 Å². The molecule has 15 heavy (non-hydrogen) atoms. The van der Waals surface area contributed by atoms with Gasteiger partial charge in [-0.1, -0.05) is 27.2 Å². The first-order valence-corrected chi connectivity index (χ1v) is 6.10. The normalized spacial score (nSPS) is 14.3. The smallest absolute Gasteiger partial charge is 0.136 e. The van der Waals surface area contributed by atoms with Gasteiger partial charge in [0.2, 0.25) is 0 Å². The summed E-state index contributed by atoms with van der Waals surface area (Å²) in [6.07, 6.45) is 6.95. The molecule has 1 aromatic heterocycles. The van der Waals surface area contributed by atoms with E-state index in [9.17, 15) is 0 Å². The van der Waals surface area contributed by atoms with Crippen LogP contribution in [0, 0.1) is 5.92 Å². The molecular weight excluding hydrogens is 186 g/mol.